The molecule has 0 saturated heterocycles. The smallest absolute Gasteiger partial charge is 0.116 e. The van der Waals surface area contributed by atoms with Gasteiger partial charge in [0.05, 0.1) is 11.7 Å². The normalized spacial score (nSPS) is 19.9. The van der Waals surface area contributed by atoms with Crippen LogP contribution in [0.25, 0.3) is 0 Å². The number of fused-ring (bicyclic) bond motifs is 1. The number of nitrogens with one attached hydrogen (secondary N) is 1. The van der Waals surface area contributed by atoms with E-state index in [0.29, 0.717) is 12.1 Å². The predicted octanol–water partition coefficient (Wildman–Crippen LogP) is 4.23. The van der Waals surface area contributed by atoms with Crippen molar-refractivity contribution >= 4 is 22.7 Å². The van der Waals surface area contributed by atoms with Crippen molar-refractivity contribution < 1.29 is 0 Å². The summed E-state index contributed by atoms with van der Waals surface area (Å²) in [5, 5.41) is 7.33. The van der Waals surface area contributed by atoms with Crippen LogP contribution in [-0.2, 0) is 12.8 Å². The first-order valence-corrected chi connectivity index (χ1v) is 9.29. The monoisotopic (exact) mass is 304 g/mol. The van der Waals surface area contributed by atoms with Gasteiger partial charge < -0.3 is 5.32 Å². The molecule has 2 aromatic rings. The van der Waals surface area contributed by atoms with Crippen molar-refractivity contribution in [2.75, 3.05) is 0 Å². The van der Waals surface area contributed by atoms with Gasteiger partial charge in [-0.15, -0.1) is 22.7 Å². The molecular formula is C16H20N2S2. The average molecular weight is 304 g/mol. The first-order valence-electron chi connectivity index (χ1n) is 7.60. The van der Waals surface area contributed by atoms with Crippen molar-refractivity contribution in [1.29, 1.82) is 0 Å². The highest BCUT2D eigenvalue weighted by molar-refractivity contribution is 7.12. The van der Waals surface area contributed by atoms with Crippen molar-refractivity contribution in [2.24, 2.45) is 0 Å². The molecule has 20 heavy (non-hydrogen) atoms. The van der Waals surface area contributed by atoms with Gasteiger partial charge in [0.15, 0.2) is 0 Å². The molecule has 1 N–H and O–H groups in total. The third-order valence-electron chi connectivity index (χ3n) is 4.25. The second kappa shape index (κ2) is 5.24. The predicted molar refractivity (Wildman–Crippen MR) is 85.8 cm³/mol. The van der Waals surface area contributed by atoms with Crippen molar-refractivity contribution in [3.05, 3.63) is 37.5 Å². The Hall–Kier alpha value is -0.710. The Morgan fingerprint density at radius 2 is 2.15 bits per heavy atom. The quantitative estimate of drug-likeness (QED) is 0.914. The Labute approximate surface area is 128 Å². The lowest BCUT2D eigenvalue weighted by molar-refractivity contribution is 0.600. The molecular weight excluding hydrogens is 284 g/mol. The minimum atomic E-state index is 0.332. The fourth-order valence-corrected chi connectivity index (χ4v) is 5.21. The van der Waals surface area contributed by atoms with Crippen LogP contribution in [0.15, 0.2) is 11.4 Å². The zero-order chi connectivity index (χ0) is 13.5. The maximum absolute atomic E-state index is 4.99. The van der Waals surface area contributed by atoms with Crippen molar-refractivity contribution in [3.8, 4) is 0 Å². The van der Waals surface area contributed by atoms with Crippen molar-refractivity contribution in [2.45, 2.75) is 57.5 Å². The van der Waals surface area contributed by atoms with Crippen LogP contribution < -0.4 is 5.32 Å². The van der Waals surface area contributed by atoms with E-state index in [1.54, 1.807) is 4.88 Å². The van der Waals surface area contributed by atoms with E-state index in [1.807, 2.05) is 22.7 Å². The van der Waals surface area contributed by atoms with Gasteiger partial charge in [0, 0.05) is 15.8 Å². The third-order valence-corrected chi connectivity index (χ3v) is 6.56. The largest absolute Gasteiger partial charge is 0.301 e. The summed E-state index contributed by atoms with van der Waals surface area (Å²) in [6.45, 7) is 2.22. The van der Waals surface area contributed by atoms with Crippen LogP contribution in [0.1, 0.15) is 57.7 Å². The molecule has 0 aromatic carbocycles. The number of hydrogen-bond acceptors (Lipinski definition) is 4. The molecule has 0 spiro atoms. The van der Waals surface area contributed by atoms with E-state index in [4.69, 9.17) is 4.98 Å². The Kier molecular flexibility index (Phi) is 3.41. The molecule has 2 aromatic heterocycles. The van der Waals surface area contributed by atoms with E-state index in [1.165, 1.54) is 59.7 Å². The van der Waals surface area contributed by atoms with E-state index >= 15 is 0 Å². The van der Waals surface area contributed by atoms with Crippen LogP contribution in [0.2, 0.25) is 0 Å². The van der Waals surface area contributed by atoms with Gasteiger partial charge in [0.25, 0.3) is 0 Å². The maximum Gasteiger partial charge on any atom is 0.116 e. The number of aryl methyl sites for hydroxylation is 3. The molecule has 106 valence electrons. The highest BCUT2D eigenvalue weighted by Crippen LogP contribution is 2.37. The second-order valence-corrected chi connectivity index (χ2v) is 8.03. The highest BCUT2D eigenvalue weighted by Gasteiger charge is 2.30. The summed E-state index contributed by atoms with van der Waals surface area (Å²) >= 11 is 3.83. The zero-order valence-corrected chi connectivity index (χ0v) is 13.4. The Balaban J connectivity index is 1.70. The Morgan fingerprint density at radius 3 is 2.85 bits per heavy atom. The average Bonchev–Trinajstić information content (AvgIpc) is 3.01. The molecule has 1 saturated carbocycles. The van der Waals surface area contributed by atoms with Crippen LogP contribution in [0, 0.1) is 6.92 Å². The Morgan fingerprint density at radius 1 is 1.30 bits per heavy atom. The lowest BCUT2D eigenvalue weighted by Crippen LogP contribution is -2.24. The van der Waals surface area contributed by atoms with Gasteiger partial charge in [-0.25, -0.2) is 4.98 Å². The summed E-state index contributed by atoms with van der Waals surface area (Å²) < 4.78 is 0. The number of thiophene rings is 1. The van der Waals surface area contributed by atoms with Gasteiger partial charge in [-0.3, -0.25) is 0 Å². The molecule has 1 atom stereocenters. The first-order chi connectivity index (χ1) is 9.81. The molecule has 2 heterocycles. The zero-order valence-electron chi connectivity index (χ0n) is 11.8. The molecule has 0 bridgehead atoms. The SMILES string of the molecule is Cc1ccsc1C(NC1CC1)c1nc2c(s1)CCCC2. The summed E-state index contributed by atoms with van der Waals surface area (Å²) in [4.78, 5) is 8.00. The minimum absolute atomic E-state index is 0.332. The van der Waals surface area contributed by atoms with E-state index in [2.05, 4.69) is 23.7 Å². The van der Waals surface area contributed by atoms with Crippen LogP contribution in [0.5, 0.6) is 0 Å². The van der Waals surface area contributed by atoms with Gasteiger partial charge in [-0.05, 0) is 62.5 Å². The molecule has 1 unspecified atom stereocenters. The molecule has 0 amide bonds. The standard InChI is InChI=1S/C16H20N2S2/c1-10-8-9-19-15(10)14(17-11-6-7-11)16-18-12-4-2-3-5-13(12)20-16/h8-9,11,14,17H,2-7H2,1H3. The first kappa shape index (κ1) is 13.0. The van der Waals surface area contributed by atoms with E-state index in [-0.39, 0.29) is 0 Å². The number of thiazole rings is 1. The fourth-order valence-electron chi connectivity index (χ4n) is 2.92. The van der Waals surface area contributed by atoms with Crippen LogP contribution in [0.4, 0.5) is 0 Å². The summed E-state index contributed by atoms with van der Waals surface area (Å²) in [6, 6.07) is 3.27. The van der Waals surface area contributed by atoms with Crippen molar-refractivity contribution in [1.82, 2.24) is 10.3 Å². The fraction of sp³-hybridized carbons (Fsp3) is 0.562. The number of rotatable bonds is 4. The molecule has 2 nitrogen and oxygen atoms in total. The summed E-state index contributed by atoms with van der Waals surface area (Å²) in [7, 11) is 0. The minimum Gasteiger partial charge on any atom is -0.301 e. The van der Waals surface area contributed by atoms with Gasteiger partial charge in [-0.1, -0.05) is 0 Å². The maximum atomic E-state index is 4.99. The summed E-state index contributed by atoms with van der Waals surface area (Å²) in [5.41, 5.74) is 2.79. The molecule has 1 fully saturated rings. The Bertz CT molecular complexity index is 586. The molecule has 2 aliphatic carbocycles. The van der Waals surface area contributed by atoms with Crippen LogP contribution >= 0.6 is 22.7 Å². The number of aromatic nitrogens is 1. The topological polar surface area (TPSA) is 24.9 Å². The molecule has 0 aliphatic heterocycles. The summed E-state index contributed by atoms with van der Waals surface area (Å²) in [5.74, 6) is 0. The molecule has 4 heteroatoms. The molecule has 0 radical (unpaired) electrons. The van der Waals surface area contributed by atoms with Crippen molar-refractivity contribution in [3.63, 3.8) is 0 Å². The third kappa shape index (κ3) is 2.45. The molecule has 2 aliphatic rings. The lowest BCUT2D eigenvalue weighted by Gasteiger charge is -2.16. The van der Waals surface area contributed by atoms with Crippen LogP contribution in [-0.4, -0.2) is 11.0 Å². The van der Waals surface area contributed by atoms with Gasteiger partial charge in [0.1, 0.15) is 5.01 Å². The van der Waals surface area contributed by atoms with Gasteiger partial charge >= 0.3 is 0 Å². The van der Waals surface area contributed by atoms with Gasteiger partial charge in [0.2, 0.25) is 0 Å². The van der Waals surface area contributed by atoms with E-state index in [9.17, 15) is 0 Å². The van der Waals surface area contributed by atoms with Crippen LogP contribution in [0.3, 0.4) is 0 Å². The van der Waals surface area contributed by atoms with Gasteiger partial charge in [-0.2, -0.15) is 0 Å². The van der Waals surface area contributed by atoms with E-state index in [0.717, 1.165) is 0 Å². The highest BCUT2D eigenvalue weighted by atomic mass is 32.1. The number of nitrogens with zero attached hydrogens (tertiary/aromatic N) is 1. The molecule has 4 rings (SSSR count). The van der Waals surface area contributed by atoms with E-state index < -0.39 is 0 Å². The number of hydrogen-bond donors (Lipinski definition) is 1. The lowest BCUT2D eigenvalue weighted by atomic mass is 10.0. The second-order valence-electron chi connectivity index (χ2n) is 5.97. The summed E-state index contributed by atoms with van der Waals surface area (Å²) in [6.07, 6.45) is 7.73.